The predicted molar refractivity (Wildman–Crippen MR) is 245 cm³/mol. The molecule has 5 aromatic carbocycles. The Hall–Kier alpha value is -8.18. The van der Waals surface area contributed by atoms with Crippen molar-refractivity contribution in [1.29, 1.82) is 0 Å². The maximum Gasteiger partial charge on any atom is 0.490 e. The van der Waals surface area contributed by atoms with Crippen LogP contribution in [0.15, 0.2) is 213 Å². The van der Waals surface area contributed by atoms with Gasteiger partial charge in [0, 0.05) is 52.6 Å². The Balaban J connectivity index is 1.14. The fourth-order valence-electron chi connectivity index (χ4n) is 11.5. The van der Waals surface area contributed by atoms with Crippen molar-refractivity contribution in [2.45, 2.75) is 16.4 Å². The highest BCUT2D eigenvalue weighted by Crippen LogP contribution is 2.60. The Morgan fingerprint density at radius 2 is 0.841 bits per heavy atom. The maximum atomic E-state index is 5.38. The summed E-state index contributed by atoms with van der Waals surface area (Å²) in [6, 6.07) is 67.3. The fraction of sp³-hybridized carbons (Fsp3) is 0.0702. The lowest BCUT2D eigenvalue weighted by Gasteiger charge is -2.36. The van der Waals surface area contributed by atoms with Crippen LogP contribution >= 0.6 is 0 Å². The van der Waals surface area contributed by atoms with Crippen LogP contribution in [0.3, 0.4) is 0 Å². The third kappa shape index (κ3) is 4.52. The van der Waals surface area contributed by atoms with Crippen LogP contribution in [0.5, 0.6) is 0 Å². The molecule has 5 heterocycles. The Labute approximate surface area is 365 Å². The Bertz CT molecular complexity index is 3350. The summed E-state index contributed by atoms with van der Waals surface area (Å²) in [4.78, 5) is 21.0. The maximum absolute atomic E-state index is 5.38. The standard InChI is InChI=1S/C57H38N6/c1-62-33-34-63(37-62)57(50-27-7-4-21-44(50)47-24-14-32-61-54(47)57)41-18-11-16-39(36-41)55(48-25-5-2-19-42(48)45-22-12-30-59-52(45)55)38-15-10-17-40(35-38)56(51-28-8-9-29-58-51)49-26-6-3-20-43(49)46-23-13-31-60-53(46)56/h2-36H,1H3/q+2. The van der Waals surface area contributed by atoms with Crippen molar-refractivity contribution in [3.63, 3.8) is 0 Å². The SMILES string of the molecule is C[N+]1=C=[N+](C2(c3cccc(C4(c5cccc(C6(c7ccccn7)c7ccccc7-c7cccnc76)c5)c5ccccc5-c5cccnc54)c3)c3ccccc3-c3cccnc32)C=C1. The van der Waals surface area contributed by atoms with E-state index in [1.807, 2.05) is 54.6 Å². The van der Waals surface area contributed by atoms with Gasteiger partial charge in [0.2, 0.25) is 12.4 Å². The normalized spacial score (nSPS) is 20.5. The van der Waals surface area contributed by atoms with Crippen LogP contribution in [-0.2, 0) is 16.4 Å². The first kappa shape index (κ1) is 35.6. The molecular weight excluding hydrogens is 769 g/mol. The first-order valence-electron chi connectivity index (χ1n) is 21.4. The number of hydrogen-bond acceptors (Lipinski definition) is 4. The summed E-state index contributed by atoms with van der Waals surface area (Å²) in [6.45, 7) is 0. The topological polar surface area (TPSA) is 57.6 Å². The molecule has 0 fully saturated rings. The Kier molecular flexibility index (Phi) is 7.43. The second kappa shape index (κ2) is 13.2. The van der Waals surface area contributed by atoms with E-state index >= 15 is 0 Å². The summed E-state index contributed by atoms with van der Waals surface area (Å²) in [7, 11) is 2.02. The molecule has 0 spiro atoms. The van der Waals surface area contributed by atoms with Crippen LogP contribution in [0.1, 0.15) is 61.7 Å². The van der Waals surface area contributed by atoms with E-state index in [1.165, 1.54) is 27.8 Å². The molecular formula is C57H38N6+2. The van der Waals surface area contributed by atoms with Crippen LogP contribution in [-0.4, -0.2) is 42.1 Å². The largest absolute Gasteiger partial charge is 0.490 e. The van der Waals surface area contributed by atoms with Gasteiger partial charge < -0.3 is 0 Å². The molecule has 6 heteroatoms. The van der Waals surface area contributed by atoms with E-state index in [1.54, 1.807) is 0 Å². The molecule has 3 aliphatic carbocycles. The predicted octanol–water partition coefficient (Wildman–Crippen LogP) is 10.6. The van der Waals surface area contributed by atoms with Gasteiger partial charge in [-0.15, -0.1) is 0 Å². The minimum absolute atomic E-state index is 0.786. The van der Waals surface area contributed by atoms with Gasteiger partial charge in [0.25, 0.3) is 5.54 Å². The lowest BCUT2D eigenvalue weighted by Crippen LogP contribution is -2.39. The van der Waals surface area contributed by atoms with E-state index in [9.17, 15) is 0 Å². The third-order valence-corrected chi connectivity index (χ3v) is 13.9. The molecule has 3 atom stereocenters. The van der Waals surface area contributed by atoms with Crippen molar-refractivity contribution in [2.75, 3.05) is 7.05 Å². The molecule has 0 bridgehead atoms. The second-order valence-corrected chi connectivity index (χ2v) is 16.8. The molecule has 4 aliphatic rings. The molecule has 4 aromatic heterocycles. The van der Waals surface area contributed by atoms with Gasteiger partial charge in [-0.25, -0.2) is 0 Å². The molecule has 6 nitrogen and oxygen atoms in total. The van der Waals surface area contributed by atoms with E-state index in [2.05, 4.69) is 181 Å². The van der Waals surface area contributed by atoms with Crippen LogP contribution in [0, 0.1) is 0 Å². The Morgan fingerprint density at radius 3 is 1.44 bits per heavy atom. The van der Waals surface area contributed by atoms with Crippen molar-refractivity contribution < 1.29 is 9.15 Å². The van der Waals surface area contributed by atoms with Crippen molar-refractivity contribution in [1.82, 2.24) is 19.9 Å². The zero-order chi connectivity index (χ0) is 41.8. The van der Waals surface area contributed by atoms with Crippen LogP contribution in [0.2, 0.25) is 0 Å². The highest BCUT2D eigenvalue weighted by molar-refractivity contribution is 5.87. The summed E-state index contributed by atoms with van der Waals surface area (Å²) in [5.41, 5.74) is 16.2. The number of pyridine rings is 4. The van der Waals surface area contributed by atoms with Crippen LogP contribution in [0.25, 0.3) is 33.4 Å². The molecule has 294 valence electrons. The summed E-state index contributed by atoms with van der Waals surface area (Å²) in [5.74, 6) is 0. The lowest BCUT2D eigenvalue weighted by atomic mass is 9.66. The van der Waals surface area contributed by atoms with Crippen molar-refractivity contribution in [3.8, 4) is 33.4 Å². The fourth-order valence-corrected chi connectivity index (χ4v) is 11.5. The van der Waals surface area contributed by atoms with E-state index in [4.69, 9.17) is 19.9 Å². The zero-order valence-corrected chi connectivity index (χ0v) is 34.4. The van der Waals surface area contributed by atoms with Crippen molar-refractivity contribution in [3.05, 3.63) is 275 Å². The molecule has 63 heavy (non-hydrogen) atoms. The number of nitrogens with zero attached hydrogens (tertiary/aromatic N) is 6. The van der Waals surface area contributed by atoms with Gasteiger partial charge in [-0.05, 0) is 80.9 Å². The number of aromatic nitrogens is 4. The van der Waals surface area contributed by atoms with E-state index in [0.29, 0.717) is 0 Å². The highest BCUT2D eigenvalue weighted by Gasteiger charge is 2.58. The van der Waals surface area contributed by atoms with Gasteiger partial charge in [-0.1, -0.05) is 149 Å². The number of benzene rings is 5. The van der Waals surface area contributed by atoms with E-state index < -0.39 is 16.4 Å². The summed E-state index contributed by atoms with van der Waals surface area (Å²) >= 11 is 0. The summed E-state index contributed by atoms with van der Waals surface area (Å²) < 4.78 is 4.20. The first-order chi connectivity index (χ1) is 31.2. The van der Waals surface area contributed by atoms with E-state index in [0.717, 1.165) is 67.3 Å². The quantitative estimate of drug-likeness (QED) is 0.157. The highest BCUT2D eigenvalue weighted by atomic mass is 15.2. The molecule has 3 unspecified atom stereocenters. The number of hydrogen-bond donors (Lipinski definition) is 0. The molecule has 9 aromatic rings. The summed E-state index contributed by atoms with van der Waals surface area (Å²) in [6.07, 6.45) is 11.9. The number of rotatable bonds is 6. The molecule has 0 N–H and O–H groups in total. The van der Waals surface area contributed by atoms with Gasteiger partial charge in [0.1, 0.15) is 11.1 Å². The van der Waals surface area contributed by atoms with Crippen molar-refractivity contribution >= 4 is 6.01 Å². The van der Waals surface area contributed by atoms with Gasteiger partial charge >= 0.3 is 6.01 Å². The number of fused-ring (bicyclic) bond motifs is 9. The zero-order valence-electron chi connectivity index (χ0n) is 34.4. The Morgan fingerprint density at radius 1 is 0.381 bits per heavy atom. The monoisotopic (exact) mass is 806 g/mol. The average molecular weight is 807 g/mol. The lowest BCUT2D eigenvalue weighted by molar-refractivity contribution is -0.534. The smallest absolute Gasteiger partial charge is 0.260 e. The van der Waals surface area contributed by atoms with E-state index in [-0.39, 0.29) is 0 Å². The molecule has 0 saturated heterocycles. The minimum Gasteiger partial charge on any atom is -0.260 e. The van der Waals surface area contributed by atoms with Gasteiger partial charge in [0.15, 0.2) is 7.05 Å². The molecule has 13 rings (SSSR count). The molecule has 1 aliphatic heterocycles. The summed E-state index contributed by atoms with van der Waals surface area (Å²) in [5, 5.41) is 0. The van der Waals surface area contributed by atoms with Crippen LogP contribution in [0.4, 0.5) is 0 Å². The minimum atomic E-state index is -0.826. The van der Waals surface area contributed by atoms with Crippen LogP contribution < -0.4 is 0 Å². The molecule has 0 saturated carbocycles. The van der Waals surface area contributed by atoms with Gasteiger partial charge in [-0.2, -0.15) is 0 Å². The van der Waals surface area contributed by atoms with Gasteiger partial charge in [-0.3, -0.25) is 19.9 Å². The van der Waals surface area contributed by atoms with Gasteiger partial charge in [0.05, 0.1) is 22.5 Å². The molecule has 0 amide bonds. The first-order valence-corrected chi connectivity index (χ1v) is 21.4. The average Bonchev–Trinajstić information content (AvgIpc) is 4.09. The molecule has 0 radical (unpaired) electrons. The third-order valence-electron chi connectivity index (χ3n) is 13.9. The second-order valence-electron chi connectivity index (χ2n) is 16.8. The van der Waals surface area contributed by atoms with Crippen molar-refractivity contribution in [2.24, 2.45) is 0 Å².